The van der Waals surface area contributed by atoms with Crippen LogP contribution in [0.25, 0.3) is 0 Å². The van der Waals surface area contributed by atoms with Crippen LogP contribution in [0.2, 0.25) is 5.02 Å². The number of benzene rings is 2. The molecule has 2 aromatic rings. The summed E-state index contributed by atoms with van der Waals surface area (Å²) in [5, 5.41) is 3.46. The van der Waals surface area contributed by atoms with Crippen molar-refractivity contribution in [2.75, 3.05) is 36.1 Å². The van der Waals surface area contributed by atoms with Crippen LogP contribution in [0.1, 0.15) is 0 Å². The smallest absolute Gasteiger partial charge is 0.324 e. The number of anilines is 2. The van der Waals surface area contributed by atoms with Crippen LogP contribution in [0.5, 0.6) is 0 Å². The average Bonchev–Trinajstić information content (AvgIpc) is 2.96. The van der Waals surface area contributed by atoms with Crippen LogP contribution >= 0.6 is 23.4 Å². The van der Waals surface area contributed by atoms with Crippen LogP contribution in [-0.2, 0) is 4.79 Å². The first-order valence-corrected chi connectivity index (χ1v) is 9.43. The molecule has 1 fully saturated rings. The molecule has 1 saturated heterocycles. The summed E-state index contributed by atoms with van der Waals surface area (Å²) in [7, 11) is 0. The van der Waals surface area contributed by atoms with Crippen LogP contribution in [0.4, 0.5) is 16.2 Å². The SMILES string of the molecule is CSc1ccccc1NC(=O)CN1CCN(c2cccc(Cl)c2)C1=O. The largest absolute Gasteiger partial charge is 0.325 e. The molecule has 7 heteroatoms. The fraction of sp³-hybridized carbons (Fsp3) is 0.222. The van der Waals surface area contributed by atoms with E-state index in [9.17, 15) is 9.59 Å². The zero-order valence-electron chi connectivity index (χ0n) is 13.7. The third-order valence-corrected chi connectivity index (χ3v) is 4.96. The lowest BCUT2D eigenvalue weighted by molar-refractivity contribution is -0.116. The van der Waals surface area contributed by atoms with E-state index in [0.29, 0.717) is 18.1 Å². The van der Waals surface area contributed by atoms with Crippen LogP contribution in [0.3, 0.4) is 0 Å². The number of carbonyl (C=O) groups is 2. The molecule has 1 aliphatic heterocycles. The predicted molar refractivity (Wildman–Crippen MR) is 103 cm³/mol. The number of carbonyl (C=O) groups excluding carboxylic acids is 2. The van der Waals surface area contributed by atoms with E-state index in [-0.39, 0.29) is 18.5 Å². The van der Waals surface area contributed by atoms with Crippen molar-refractivity contribution in [3.8, 4) is 0 Å². The minimum Gasteiger partial charge on any atom is -0.324 e. The van der Waals surface area contributed by atoms with Gasteiger partial charge in [0.15, 0.2) is 0 Å². The maximum Gasteiger partial charge on any atom is 0.325 e. The zero-order valence-corrected chi connectivity index (χ0v) is 15.3. The van der Waals surface area contributed by atoms with E-state index >= 15 is 0 Å². The van der Waals surface area contributed by atoms with Gasteiger partial charge in [0, 0.05) is 28.7 Å². The normalized spacial score (nSPS) is 14.1. The number of para-hydroxylation sites is 1. The number of nitrogens with one attached hydrogen (secondary N) is 1. The van der Waals surface area contributed by atoms with Crippen LogP contribution in [-0.4, -0.2) is 42.7 Å². The minimum atomic E-state index is -0.206. The van der Waals surface area contributed by atoms with Crippen LogP contribution in [0, 0.1) is 0 Å². The Bertz CT molecular complexity index is 799. The molecule has 0 unspecified atom stereocenters. The first-order valence-electron chi connectivity index (χ1n) is 7.83. The van der Waals surface area contributed by atoms with E-state index in [0.717, 1.165) is 16.3 Å². The van der Waals surface area contributed by atoms with Gasteiger partial charge in [-0.1, -0.05) is 29.8 Å². The topological polar surface area (TPSA) is 52.7 Å². The van der Waals surface area contributed by atoms with Gasteiger partial charge in [0.05, 0.1) is 5.69 Å². The molecule has 1 heterocycles. The number of halogens is 1. The molecular weight excluding hydrogens is 358 g/mol. The van der Waals surface area contributed by atoms with E-state index in [4.69, 9.17) is 11.6 Å². The number of amides is 3. The van der Waals surface area contributed by atoms with Crippen molar-refractivity contribution in [1.29, 1.82) is 0 Å². The second kappa shape index (κ2) is 7.80. The van der Waals surface area contributed by atoms with Crippen molar-refractivity contribution in [1.82, 2.24) is 4.90 Å². The number of urea groups is 1. The van der Waals surface area contributed by atoms with Gasteiger partial charge in [-0.2, -0.15) is 0 Å². The molecule has 0 saturated carbocycles. The van der Waals surface area contributed by atoms with Crippen molar-refractivity contribution < 1.29 is 9.59 Å². The third-order valence-electron chi connectivity index (χ3n) is 3.93. The van der Waals surface area contributed by atoms with Gasteiger partial charge < -0.3 is 10.2 Å². The van der Waals surface area contributed by atoms with Gasteiger partial charge in [-0.25, -0.2) is 4.79 Å². The highest BCUT2D eigenvalue weighted by Crippen LogP contribution is 2.25. The fourth-order valence-corrected chi connectivity index (χ4v) is 3.46. The molecule has 0 aliphatic carbocycles. The molecule has 2 aromatic carbocycles. The van der Waals surface area contributed by atoms with Gasteiger partial charge in [-0.15, -0.1) is 11.8 Å². The summed E-state index contributed by atoms with van der Waals surface area (Å²) < 4.78 is 0. The van der Waals surface area contributed by atoms with Gasteiger partial charge in [0.25, 0.3) is 0 Å². The van der Waals surface area contributed by atoms with E-state index in [2.05, 4.69) is 5.32 Å². The minimum absolute atomic E-state index is 0.0264. The van der Waals surface area contributed by atoms with Gasteiger partial charge in [0.1, 0.15) is 6.54 Å². The summed E-state index contributed by atoms with van der Waals surface area (Å²) in [6, 6.07) is 14.6. The average molecular weight is 376 g/mol. The molecule has 3 amide bonds. The molecule has 1 aliphatic rings. The summed E-state index contributed by atoms with van der Waals surface area (Å²) in [5.41, 5.74) is 1.51. The zero-order chi connectivity index (χ0) is 17.8. The Morgan fingerprint density at radius 2 is 2.00 bits per heavy atom. The number of nitrogens with zero attached hydrogens (tertiary/aromatic N) is 2. The lowest BCUT2D eigenvalue weighted by atomic mass is 10.3. The molecule has 0 radical (unpaired) electrons. The van der Waals surface area contributed by atoms with E-state index in [1.807, 2.05) is 36.6 Å². The number of rotatable bonds is 5. The standard InChI is InChI=1S/C18H18ClN3O2S/c1-25-16-8-3-2-7-15(16)20-17(23)12-21-9-10-22(18(21)24)14-6-4-5-13(19)11-14/h2-8,11H,9-10,12H2,1H3,(H,20,23). The van der Waals surface area contributed by atoms with Crippen LogP contribution < -0.4 is 10.2 Å². The Morgan fingerprint density at radius 3 is 2.76 bits per heavy atom. The maximum absolute atomic E-state index is 12.6. The Morgan fingerprint density at radius 1 is 1.20 bits per heavy atom. The van der Waals surface area contributed by atoms with E-state index in [1.165, 1.54) is 4.90 Å². The lowest BCUT2D eigenvalue weighted by Gasteiger charge is -2.19. The molecule has 25 heavy (non-hydrogen) atoms. The molecule has 130 valence electrons. The molecule has 1 N–H and O–H groups in total. The van der Waals surface area contributed by atoms with Gasteiger partial charge in [-0.05, 0) is 36.6 Å². The van der Waals surface area contributed by atoms with Crippen molar-refractivity contribution in [3.63, 3.8) is 0 Å². The number of hydrogen-bond acceptors (Lipinski definition) is 3. The van der Waals surface area contributed by atoms with Crippen molar-refractivity contribution in [2.45, 2.75) is 4.90 Å². The first kappa shape index (κ1) is 17.6. The maximum atomic E-state index is 12.6. The van der Waals surface area contributed by atoms with Crippen molar-refractivity contribution in [2.24, 2.45) is 0 Å². The molecule has 0 bridgehead atoms. The molecule has 3 rings (SSSR count). The van der Waals surface area contributed by atoms with E-state index < -0.39 is 0 Å². The monoisotopic (exact) mass is 375 g/mol. The Kier molecular flexibility index (Phi) is 5.50. The summed E-state index contributed by atoms with van der Waals surface area (Å²) in [5.74, 6) is -0.206. The summed E-state index contributed by atoms with van der Waals surface area (Å²) in [4.78, 5) is 29.0. The molecule has 5 nitrogen and oxygen atoms in total. The Labute approximate surface area is 155 Å². The number of thioether (sulfide) groups is 1. The highest BCUT2D eigenvalue weighted by molar-refractivity contribution is 7.98. The molecule has 0 aromatic heterocycles. The van der Waals surface area contributed by atoms with Gasteiger partial charge in [0.2, 0.25) is 5.91 Å². The first-order chi connectivity index (χ1) is 12.1. The van der Waals surface area contributed by atoms with Gasteiger partial charge in [-0.3, -0.25) is 9.69 Å². The van der Waals surface area contributed by atoms with Crippen LogP contribution in [0.15, 0.2) is 53.4 Å². The molecule has 0 spiro atoms. The summed E-state index contributed by atoms with van der Waals surface area (Å²) in [6.07, 6.45) is 1.96. The van der Waals surface area contributed by atoms with Crippen molar-refractivity contribution in [3.05, 3.63) is 53.6 Å². The Balaban J connectivity index is 1.64. The highest BCUT2D eigenvalue weighted by atomic mass is 35.5. The van der Waals surface area contributed by atoms with Crippen molar-refractivity contribution >= 4 is 46.7 Å². The van der Waals surface area contributed by atoms with Gasteiger partial charge >= 0.3 is 6.03 Å². The Hall–Kier alpha value is -2.18. The van der Waals surface area contributed by atoms with E-state index in [1.54, 1.807) is 34.9 Å². The lowest BCUT2D eigenvalue weighted by Crippen LogP contribution is -2.37. The summed E-state index contributed by atoms with van der Waals surface area (Å²) in [6.45, 7) is 1.06. The highest BCUT2D eigenvalue weighted by Gasteiger charge is 2.30. The summed E-state index contributed by atoms with van der Waals surface area (Å²) >= 11 is 7.56. The third kappa shape index (κ3) is 4.08. The number of hydrogen-bond donors (Lipinski definition) is 1. The predicted octanol–water partition coefficient (Wildman–Crippen LogP) is 3.94. The second-order valence-corrected chi connectivity index (χ2v) is 6.87. The molecule has 0 atom stereocenters. The molecular formula is C18H18ClN3O2S. The second-order valence-electron chi connectivity index (χ2n) is 5.58. The fourth-order valence-electron chi connectivity index (χ4n) is 2.72. The quantitative estimate of drug-likeness (QED) is 0.805.